The second kappa shape index (κ2) is 8.28. The summed E-state index contributed by atoms with van der Waals surface area (Å²) in [6, 6.07) is 8.34. The van der Waals surface area contributed by atoms with Crippen LogP contribution in [-0.4, -0.2) is 47.2 Å². The van der Waals surface area contributed by atoms with Crippen molar-refractivity contribution in [3.63, 3.8) is 0 Å². The van der Waals surface area contributed by atoms with Crippen molar-refractivity contribution in [2.75, 3.05) is 34.5 Å². The summed E-state index contributed by atoms with van der Waals surface area (Å²) < 4.78 is 49.3. The minimum absolute atomic E-state index is 0.164. The molecule has 0 saturated heterocycles. The molecule has 0 saturated carbocycles. The van der Waals surface area contributed by atoms with Crippen molar-refractivity contribution < 1.29 is 27.4 Å². The summed E-state index contributed by atoms with van der Waals surface area (Å²) in [7, 11) is 0.959. The lowest BCUT2D eigenvalue weighted by Gasteiger charge is -2.20. The molecular formula is C20H25NO6S. The van der Waals surface area contributed by atoms with E-state index in [4.69, 9.17) is 18.9 Å². The molecule has 0 aromatic heterocycles. The fraction of sp³-hybridized carbons (Fsp3) is 0.400. The average Bonchev–Trinajstić information content (AvgIpc) is 2.93. The van der Waals surface area contributed by atoms with Crippen LogP contribution in [-0.2, 0) is 16.6 Å². The van der Waals surface area contributed by atoms with Crippen molar-refractivity contribution in [1.29, 1.82) is 0 Å². The third-order valence-electron chi connectivity index (χ3n) is 4.66. The van der Waals surface area contributed by atoms with E-state index in [2.05, 4.69) is 0 Å². The van der Waals surface area contributed by atoms with Gasteiger partial charge < -0.3 is 18.9 Å². The fourth-order valence-electron chi connectivity index (χ4n) is 3.00. The molecule has 1 aliphatic rings. The lowest BCUT2D eigenvalue weighted by Crippen LogP contribution is -2.27. The minimum atomic E-state index is -3.71. The van der Waals surface area contributed by atoms with E-state index in [1.165, 1.54) is 10.4 Å². The number of ether oxygens (including phenoxy) is 4. The Morgan fingerprint density at radius 1 is 1.00 bits per heavy atom. The van der Waals surface area contributed by atoms with Crippen LogP contribution in [0.25, 0.3) is 0 Å². The number of fused-ring (bicyclic) bond motifs is 1. The van der Waals surface area contributed by atoms with E-state index < -0.39 is 10.0 Å². The summed E-state index contributed by atoms with van der Waals surface area (Å²) in [5.41, 5.74) is 1.75. The van der Waals surface area contributed by atoms with Crippen molar-refractivity contribution in [3.05, 3.63) is 41.5 Å². The third kappa shape index (κ3) is 4.02. The topological polar surface area (TPSA) is 74.3 Å². The maximum absolute atomic E-state index is 13.1. The van der Waals surface area contributed by atoms with Gasteiger partial charge in [0.05, 0.1) is 32.3 Å². The number of aryl methyl sites for hydroxylation is 1. The molecule has 0 unspecified atom stereocenters. The van der Waals surface area contributed by atoms with Crippen LogP contribution in [0.4, 0.5) is 0 Å². The number of nitrogens with zero attached hydrogens (tertiary/aromatic N) is 1. The van der Waals surface area contributed by atoms with Crippen LogP contribution in [0.2, 0.25) is 0 Å². The summed E-state index contributed by atoms with van der Waals surface area (Å²) in [5.74, 6) is 2.19. The van der Waals surface area contributed by atoms with Gasteiger partial charge in [-0.05, 0) is 42.3 Å². The Kier molecular flexibility index (Phi) is 6.00. The molecule has 0 spiro atoms. The summed E-state index contributed by atoms with van der Waals surface area (Å²) in [6.07, 6.45) is 0.759. The molecule has 0 bridgehead atoms. The zero-order valence-electron chi connectivity index (χ0n) is 16.5. The Morgan fingerprint density at radius 3 is 2.32 bits per heavy atom. The van der Waals surface area contributed by atoms with E-state index in [9.17, 15) is 8.42 Å². The van der Waals surface area contributed by atoms with Crippen molar-refractivity contribution in [3.8, 4) is 23.0 Å². The predicted molar refractivity (Wildman–Crippen MR) is 105 cm³/mol. The molecule has 3 rings (SSSR count). The van der Waals surface area contributed by atoms with Gasteiger partial charge in [-0.3, -0.25) is 0 Å². The van der Waals surface area contributed by atoms with Gasteiger partial charge in [-0.25, -0.2) is 8.42 Å². The molecule has 152 valence electrons. The maximum Gasteiger partial charge on any atom is 0.243 e. The van der Waals surface area contributed by atoms with Crippen LogP contribution in [0.5, 0.6) is 23.0 Å². The summed E-state index contributed by atoms with van der Waals surface area (Å²) in [4.78, 5) is 0.164. The number of methoxy groups -OCH3 is 2. The fourth-order valence-corrected chi connectivity index (χ4v) is 4.17. The zero-order valence-corrected chi connectivity index (χ0v) is 17.3. The molecule has 8 heteroatoms. The van der Waals surface area contributed by atoms with Crippen molar-refractivity contribution in [2.45, 2.75) is 24.8 Å². The first kappa shape index (κ1) is 20.3. The van der Waals surface area contributed by atoms with Crippen LogP contribution in [0, 0.1) is 6.92 Å². The Morgan fingerprint density at radius 2 is 1.64 bits per heavy atom. The monoisotopic (exact) mass is 407 g/mol. The van der Waals surface area contributed by atoms with E-state index in [1.54, 1.807) is 39.5 Å². The summed E-state index contributed by atoms with van der Waals surface area (Å²) in [6.45, 7) is 3.16. The molecule has 2 aromatic carbocycles. The average molecular weight is 407 g/mol. The molecule has 0 aliphatic carbocycles. The third-order valence-corrected chi connectivity index (χ3v) is 6.46. The number of rotatable bonds is 6. The largest absolute Gasteiger partial charge is 0.493 e. The number of benzene rings is 2. The molecule has 0 N–H and O–H groups in total. The van der Waals surface area contributed by atoms with E-state index in [1.807, 2.05) is 13.0 Å². The molecule has 1 heterocycles. The van der Waals surface area contributed by atoms with Crippen LogP contribution in [0.3, 0.4) is 0 Å². The van der Waals surface area contributed by atoms with E-state index >= 15 is 0 Å². The highest BCUT2D eigenvalue weighted by Gasteiger charge is 2.24. The van der Waals surface area contributed by atoms with Gasteiger partial charge in [-0.1, -0.05) is 0 Å². The number of hydrogen-bond acceptors (Lipinski definition) is 6. The Bertz CT molecular complexity index is 957. The second-order valence-electron chi connectivity index (χ2n) is 6.55. The molecular weight excluding hydrogens is 382 g/mol. The van der Waals surface area contributed by atoms with Gasteiger partial charge >= 0.3 is 0 Å². The molecule has 7 nitrogen and oxygen atoms in total. The van der Waals surface area contributed by atoms with E-state index in [-0.39, 0.29) is 11.4 Å². The van der Waals surface area contributed by atoms with Gasteiger partial charge in [0, 0.05) is 26.1 Å². The Labute approximate surface area is 165 Å². The van der Waals surface area contributed by atoms with Crippen molar-refractivity contribution in [2.24, 2.45) is 0 Å². The summed E-state index contributed by atoms with van der Waals surface area (Å²) >= 11 is 0. The first-order valence-corrected chi connectivity index (χ1v) is 10.4. The van der Waals surface area contributed by atoms with Crippen LogP contribution < -0.4 is 18.9 Å². The summed E-state index contributed by atoms with van der Waals surface area (Å²) in [5, 5.41) is 0. The van der Waals surface area contributed by atoms with E-state index in [0.29, 0.717) is 36.2 Å². The van der Waals surface area contributed by atoms with Crippen LogP contribution in [0.1, 0.15) is 17.5 Å². The highest BCUT2D eigenvalue weighted by molar-refractivity contribution is 7.89. The van der Waals surface area contributed by atoms with Gasteiger partial charge in [0.25, 0.3) is 0 Å². The standard InChI is InChI=1S/C20H25NO6S/c1-14-10-18(24-3)19(25-4)11-15(14)13-21(2)28(22,23)16-6-7-17-20(12-16)27-9-5-8-26-17/h6-7,10-12H,5,8-9,13H2,1-4H3. The Balaban J connectivity index is 1.88. The second-order valence-corrected chi connectivity index (χ2v) is 8.60. The van der Waals surface area contributed by atoms with Crippen LogP contribution in [0.15, 0.2) is 35.2 Å². The van der Waals surface area contributed by atoms with Crippen LogP contribution >= 0.6 is 0 Å². The molecule has 1 aliphatic heterocycles. The smallest absolute Gasteiger partial charge is 0.243 e. The van der Waals surface area contributed by atoms with Gasteiger partial charge in [-0.15, -0.1) is 0 Å². The van der Waals surface area contributed by atoms with Gasteiger partial charge in [-0.2, -0.15) is 4.31 Å². The van der Waals surface area contributed by atoms with Gasteiger partial charge in [0.2, 0.25) is 10.0 Å². The van der Waals surface area contributed by atoms with Crippen molar-refractivity contribution in [1.82, 2.24) is 4.31 Å². The zero-order chi connectivity index (χ0) is 20.3. The number of sulfonamides is 1. The molecule has 2 aromatic rings. The molecule has 0 atom stereocenters. The lowest BCUT2D eigenvalue weighted by molar-refractivity contribution is 0.297. The number of hydrogen-bond donors (Lipinski definition) is 0. The first-order chi connectivity index (χ1) is 13.4. The molecule has 0 fully saturated rings. The van der Waals surface area contributed by atoms with E-state index in [0.717, 1.165) is 17.5 Å². The highest BCUT2D eigenvalue weighted by Crippen LogP contribution is 2.34. The first-order valence-electron chi connectivity index (χ1n) is 8.94. The van der Waals surface area contributed by atoms with Crippen molar-refractivity contribution >= 4 is 10.0 Å². The quantitative estimate of drug-likeness (QED) is 0.733. The minimum Gasteiger partial charge on any atom is -0.493 e. The predicted octanol–water partition coefficient (Wildman–Crippen LogP) is 2.99. The normalized spacial score (nSPS) is 13.9. The molecule has 0 amide bonds. The lowest BCUT2D eigenvalue weighted by atomic mass is 10.1. The molecule has 0 radical (unpaired) electrons. The van der Waals surface area contributed by atoms with Gasteiger partial charge in [0.1, 0.15) is 0 Å². The maximum atomic E-state index is 13.1. The Hall–Kier alpha value is -2.45. The molecule has 28 heavy (non-hydrogen) atoms. The highest BCUT2D eigenvalue weighted by atomic mass is 32.2. The van der Waals surface area contributed by atoms with Gasteiger partial charge in [0.15, 0.2) is 23.0 Å². The SMILES string of the molecule is COc1cc(C)c(CN(C)S(=O)(=O)c2ccc3c(c2)OCCCO3)cc1OC.